The first-order valence-corrected chi connectivity index (χ1v) is 19.0. The summed E-state index contributed by atoms with van der Waals surface area (Å²) in [7, 11) is -4.29. The van der Waals surface area contributed by atoms with Gasteiger partial charge in [0, 0.05) is 47.5 Å². The molecule has 0 radical (unpaired) electrons. The van der Waals surface area contributed by atoms with E-state index in [-0.39, 0.29) is 64.3 Å². The van der Waals surface area contributed by atoms with Gasteiger partial charge in [0.25, 0.3) is 10.0 Å². The number of ketones is 1. The molecule has 284 valence electrons. The van der Waals surface area contributed by atoms with Gasteiger partial charge in [0.1, 0.15) is 23.7 Å². The van der Waals surface area contributed by atoms with Crippen molar-refractivity contribution in [2.24, 2.45) is 11.3 Å². The van der Waals surface area contributed by atoms with Gasteiger partial charge in [-0.25, -0.2) is 32.9 Å². The highest BCUT2D eigenvalue weighted by Gasteiger charge is 2.60. The number of nitrogens with zero attached hydrogens (tertiary/aromatic N) is 4. The minimum Gasteiger partial charge on any atom is -0.478 e. The van der Waals surface area contributed by atoms with Crippen molar-refractivity contribution in [1.82, 2.24) is 25.3 Å². The van der Waals surface area contributed by atoms with Crippen molar-refractivity contribution in [1.29, 1.82) is 0 Å². The van der Waals surface area contributed by atoms with E-state index in [1.807, 2.05) is 38.1 Å². The van der Waals surface area contributed by atoms with E-state index in [0.29, 0.717) is 35.1 Å². The average Bonchev–Trinajstić information content (AvgIpc) is 3.49. The Balaban J connectivity index is 0.00000497. The molecule has 15 heteroatoms. The highest BCUT2D eigenvalue weighted by Crippen LogP contribution is 2.65. The number of nitrogens with one attached hydrogen (secondary N) is 2. The summed E-state index contributed by atoms with van der Waals surface area (Å²) < 4.78 is 41.5. The van der Waals surface area contributed by atoms with E-state index in [4.69, 9.17) is 14.1 Å². The van der Waals surface area contributed by atoms with Crippen LogP contribution in [0.2, 0.25) is 0 Å². The lowest BCUT2D eigenvalue weighted by Gasteiger charge is -2.60. The fraction of sp³-hybridized carbons (Fsp3) is 0.385. The van der Waals surface area contributed by atoms with Crippen LogP contribution in [0.1, 0.15) is 79.4 Å². The van der Waals surface area contributed by atoms with Gasteiger partial charge in [-0.15, -0.1) is 12.4 Å². The Morgan fingerprint density at radius 3 is 2.37 bits per heavy atom. The molecule has 0 spiro atoms. The van der Waals surface area contributed by atoms with Crippen LogP contribution in [0, 0.1) is 25.2 Å². The molecule has 5 aromatic rings. The van der Waals surface area contributed by atoms with Crippen LogP contribution in [0.5, 0.6) is 5.88 Å². The average molecular weight is 775 g/mol. The largest absolute Gasteiger partial charge is 0.478 e. The van der Waals surface area contributed by atoms with E-state index in [2.05, 4.69) is 45.8 Å². The maximum absolute atomic E-state index is 13.5. The van der Waals surface area contributed by atoms with Crippen molar-refractivity contribution >= 4 is 51.4 Å². The number of ether oxygens (including phenoxy) is 1. The number of aromatic carboxylic acids is 1. The molecule has 54 heavy (non-hydrogen) atoms. The Kier molecular flexibility index (Phi) is 10.6. The second kappa shape index (κ2) is 14.7. The van der Waals surface area contributed by atoms with Crippen LogP contribution in [-0.2, 0) is 26.8 Å². The third kappa shape index (κ3) is 7.96. The van der Waals surface area contributed by atoms with Crippen LogP contribution in [-0.4, -0.2) is 57.9 Å². The monoisotopic (exact) mass is 774 g/mol. The molecular formula is C39H43ClN6O7S. The Morgan fingerprint density at radius 2 is 1.72 bits per heavy atom. The number of carboxylic acid groups (broad SMARTS) is 1. The van der Waals surface area contributed by atoms with E-state index >= 15 is 0 Å². The molecule has 0 aliphatic heterocycles. The number of sulfonamides is 1. The Hall–Kier alpha value is -4.92. The summed E-state index contributed by atoms with van der Waals surface area (Å²) in [5.74, 6) is 0.208. The lowest BCUT2D eigenvalue weighted by molar-refractivity contribution is -0.163. The number of anilines is 1. The minimum absolute atomic E-state index is 0. The summed E-state index contributed by atoms with van der Waals surface area (Å²) in [6.07, 6.45) is 4.68. The van der Waals surface area contributed by atoms with Crippen LogP contribution in [0.4, 0.5) is 5.95 Å². The number of carbonyl (C=O) groups excluding carboxylic acids is 1. The number of hydrogen-bond donors (Lipinski definition) is 3. The maximum Gasteiger partial charge on any atom is 0.335 e. The van der Waals surface area contributed by atoms with E-state index in [9.17, 15) is 23.1 Å². The Bertz CT molecular complexity index is 2320. The van der Waals surface area contributed by atoms with E-state index in [1.165, 1.54) is 18.2 Å². The van der Waals surface area contributed by atoms with Crippen LogP contribution in [0.3, 0.4) is 0 Å². The molecule has 3 heterocycles. The third-order valence-corrected chi connectivity index (χ3v) is 11.5. The Labute approximate surface area is 319 Å². The highest BCUT2D eigenvalue weighted by molar-refractivity contribution is 7.92. The predicted molar refractivity (Wildman–Crippen MR) is 204 cm³/mol. The molecule has 3 aliphatic rings. The molecule has 3 fully saturated rings. The number of carboxylic acids is 1. The molecule has 8 rings (SSSR count). The van der Waals surface area contributed by atoms with Gasteiger partial charge < -0.3 is 19.6 Å². The fourth-order valence-electron chi connectivity index (χ4n) is 7.07. The number of fused-ring (bicyclic) bond motifs is 1. The van der Waals surface area contributed by atoms with Gasteiger partial charge in [-0.3, -0.25) is 4.79 Å². The van der Waals surface area contributed by atoms with E-state index in [0.717, 1.165) is 47.8 Å². The van der Waals surface area contributed by atoms with Crippen molar-refractivity contribution in [3.05, 3.63) is 88.9 Å². The highest BCUT2D eigenvalue weighted by atomic mass is 35.5. The first-order valence-electron chi connectivity index (χ1n) is 17.6. The van der Waals surface area contributed by atoms with Gasteiger partial charge >= 0.3 is 5.97 Å². The predicted octanol–water partition coefficient (Wildman–Crippen LogP) is 6.81. The second-order valence-electron chi connectivity index (χ2n) is 15.3. The molecule has 0 unspecified atom stereocenters. The lowest BCUT2D eigenvalue weighted by Crippen LogP contribution is -2.58. The van der Waals surface area contributed by atoms with Crippen molar-refractivity contribution in [3.63, 3.8) is 0 Å². The minimum atomic E-state index is -4.29. The zero-order valence-electron chi connectivity index (χ0n) is 30.7. The number of hydrogen-bond acceptors (Lipinski definition) is 11. The molecule has 2 aromatic carbocycles. The normalized spacial score (nSPS) is 18.2. The number of Topliss-reactive ketones (excluding diaryl/α,β-unsaturated/α-hetero) is 1. The first-order chi connectivity index (χ1) is 25.1. The zero-order valence-corrected chi connectivity index (χ0v) is 32.3. The summed E-state index contributed by atoms with van der Waals surface area (Å²) in [6.45, 7) is 10.4. The van der Waals surface area contributed by atoms with Crippen molar-refractivity contribution in [2.75, 3.05) is 11.3 Å². The lowest BCUT2D eigenvalue weighted by atomic mass is 9.42. The second-order valence-corrected chi connectivity index (χ2v) is 17.0. The summed E-state index contributed by atoms with van der Waals surface area (Å²) in [4.78, 5) is 43.0. The van der Waals surface area contributed by atoms with Gasteiger partial charge in [-0.05, 0) is 68.4 Å². The van der Waals surface area contributed by atoms with Crippen molar-refractivity contribution in [2.45, 2.75) is 83.2 Å². The maximum atomic E-state index is 13.5. The number of benzene rings is 2. The molecule has 3 aliphatic carbocycles. The van der Waals surface area contributed by atoms with Gasteiger partial charge in [0.05, 0.1) is 28.0 Å². The molecule has 0 amide bonds. The van der Waals surface area contributed by atoms with E-state index < -0.39 is 22.0 Å². The van der Waals surface area contributed by atoms with Crippen LogP contribution in [0.25, 0.3) is 22.5 Å². The number of aromatic nitrogens is 4. The fourth-order valence-corrected chi connectivity index (χ4v) is 8.06. The number of rotatable bonds is 14. The summed E-state index contributed by atoms with van der Waals surface area (Å²) in [6, 6.07) is 13.9. The third-order valence-electron chi connectivity index (χ3n) is 10.2. The quantitative estimate of drug-likeness (QED) is 0.107. The summed E-state index contributed by atoms with van der Waals surface area (Å²) in [5, 5.41) is 12.9. The SMILES string of the molecule is Cc1cccc(C)c1-c1cc(OC[C@@H](CC(=O)C23CC(C2)C3)NCc2cnc3oc(C(C)(C)C)cc3n2)nc(NS(=O)(=O)c2cccc(C(=O)O)c2)n1.Cl. The van der Waals surface area contributed by atoms with Gasteiger partial charge in [-0.1, -0.05) is 45.0 Å². The number of halogens is 1. The number of carbonyl (C=O) groups is 2. The van der Waals surface area contributed by atoms with Gasteiger partial charge in [0.15, 0.2) is 0 Å². The first kappa shape index (κ1) is 38.8. The van der Waals surface area contributed by atoms with E-state index in [1.54, 1.807) is 12.3 Å². The van der Waals surface area contributed by atoms with Crippen LogP contribution < -0.4 is 14.8 Å². The summed E-state index contributed by atoms with van der Waals surface area (Å²) >= 11 is 0. The topological polar surface area (TPSA) is 186 Å². The number of aryl methyl sites for hydroxylation is 2. The Morgan fingerprint density at radius 1 is 1.02 bits per heavy atom. The van der Waals surface area contributed by atoms with Crippen molar-refractivity contribution in [3.8, 4) is 17.1 Å². The number of furan rings is 1. The van der Waals surface area contributed by atoms with Crippen molar-refractivity contribution < 1.29 is 32.3 Å². The van der Waals surface area contributed by atoms with Crippen LogP contribution in [0.15, 0.2) is 70.1 Å². The molecule has 0 saturated heterocycles. The summed E-state index contributed by atoms with van der Waals surface area (Å²) in [5.41, 5.74) is 4.19. The molecule has 3 aromatic heterocycles. The van der Waals surface area contributed by atoms with Gasteiger partial charge in [-0.2, -0.15) is 4.98 Å². The molecule has 3 N–H and O–H groups in total. The standard InChI is InChI=1S/C39H42N6O7S.ClH/c1-22-8-6-9-23(2)34(22)29-15-33(44-37(43-29)45-53(49,50)28-11-7-10-25(12-28)36(47)48)51-21-26(13-31(46)39-16-24(17-39)18-39)40-19-27-20-41-35-30(42-27)14-32(52-35)38(3,4)5;/h6-12,14-15,20,24,26,40H,13,16-19,21H2,1-5H3,(H,47,48)(H,43,44,45);1H/t24?,26-,39?;/m1./s1. The smallest absolute Gasteiger partial charge is 0.335 e. The molecule has 1 atom stereocenters. The van der Waals surface area contributed by atoms with Gasteiger partial charge in [0.2, 0.25) is 17.5 Å². The zero-order chi connectivity index (χ0) is 37.7. The molecule has 13 nitrogen and oxygen atoms in total. The molecular weight excluding hydrogens is 732 g/mol. The van der Waals surface area contributed by atoms with Crippen LogP contribution >= 0.6 is 12.4 Å². The molecule has 3 saturated carbocycles. The molecule has 2 bridgehead atoms.